The zero-order valence-corrected chi connectivity index (χ0v) is 12.5. The summed E-state index contributed by atoms with van der Waals surface area (Å²) in [6.07, 6.45) is 0. The number of likely N-dealkylation sites (N-methyl/N-ethyl adjacent to an activating group) is 1. The van der Waals surface area contributed by atoms with E-state index in [1.807, 2.05) is 30.3 Å². The van der Waals surface area contributed by atoms with Gasteiger partial charge in [0.15, 0.2) is 0 Å². The van der Waals surface area contributed by atoms with E-state index in [-0.39, 0.29) is 5.91 Å². The fraction of sp³-hybridized carbons (Fsp3) is 0.333. The van der Waals surface area contributed by atoms with Gasteiger partial charge >= 0.3 is 5.97 Å². The number of carbonyl (C=O) groups is 2. The third-order valence-corrected chi connectivity index (χ3v) is 4.50. The summed E-state index contributed by atoms with van der Waals surface area (Å²) < 4.78 is 1.03. The van der Waals surface area contributed by atoms with Gasteiger partial charge in [-0.3, -0.25) is 4.79 Å². The van der Waals surface area contributed by atoms with Crippen molar-refractivity contribution in [3.63, 3.8) is 0 Å². The summed E-state index contributed by atoms with van der Waals surface area (Å²) in [5.74, 6) is -1.24. The molecule has 0 aliphatic rings. The van der Waals surface area contributed by atoms with E-state index in [1.165, 1.54) is 16.2 Å². The number of carboxylic acid groups (broad SMARTS) is 1. The first-order valence-electron chi connectivity index (χ1n) is 6.42. The van der Waals surface area contributed by atoms with Gasteiger partial charge < -0.3 is 10.0 Å². The molecule has 1 amide bonds. The topological polar surface area (TPSA) is 57.6 Å². The van der Waals surface area contributed by atoms with Crippen LogP contribution in [0.15, 0.2) is 30.3 Å². The Morgan fingerprint density at radius 3 is 2.50 bits per heavy atom. The van der Waals surface area contributed by atoms with Crippen LogP contribution in [0.25, 0.3) is 10.1 Å². The van der Waals surface area contributed by atoms with Gasteiger partial charge in [-0.1, -0.05) is 18.2 Å². The van der Waals surface area contributed by atoms with E-state index in [0.717, 1.165) is 10.1 Å². The molecular weight excluding hydrogens is 274 g/mol. The maximum absolute atomic E-state index is 12.6. The average Bonchev–Trinajstić information content (AvgIpc) is 2.82. The first-order valence-corrected chi connectivity index (χ1v) is 7.23. The summed E-state index contributed by atoms with van der Waals surface area (Å²) >= 11 is 1.39. The van der Waals surface area contributed by atoms with Crippen LogP contribution in [0.2, 0.25) is 0 Å². The first-order chi connectivity index (χ1) is 9.37. The largest absolute Gasteiger partial charge is 0.480 e. The lowest BCUT2D eigenvalue weighted by Crippen LogP contribution is -2.52. The van der Waals surface area contributed by atoms with Crippen molar-refractivity contribution >= 4 is 33.3 Å². The molecule has 0 aliphatic heterocycles. The smallest absolute Gasteiger partial charge is 0.329 e. The summed E-state index contributed by atoms with van der Waals surface area (Å²) in [5.41, 5.74) is -1.22. The van der Waals surface area contributed by atoms with Gasteiger partial charge in [-0.05, 0) is 38.3 Å². The van der Waals surface area contributed by atoms with Crippen LogP contribution in [0.5, 0.6) is 0 Å². The first kappa shape index (κ1) is 14.5. The molecule has 0 fully saturated rings. The summed E-state index contributed by atoms with van der Waals surface area (Å²) in [6, 6.07) is 9.56. The Bertz CT molecular complexity index is 627. The van der Waals surface area contributed by atoms with Gasteiger partial charge in [0, 0.05) is 11.2 Å². The molecule has 5 heteroatoms. The number of carboxylic acids is 1. The number of fused-ring (bicyclic) bond motifs is 1. The van der Waals surface area contributed by atoms with Gasteiger partial charge in [0.1, 0.15) is 5.54 Å². The van der Waals surface area contributed by atoms with Gasteiger partial charge in [-0.25, -0.2) is 4.79 Å². The third kappa shape index (κ3) is 2.41. The number of aliphatic carboxylic acids is 1. The quantitative estimate of drug-likeness (QED) is 0.941. The predicted molar refractivity (Wildman–Crippen MR) is 80.3 cm³/mol. The number of rotatable bonds is 4. The number of nitrogens with zero attached hydrogens (tertiary/aromatic N) is 1. The van der Waals surface area contributed by atoms with Crippen molar-refractivity contribution in [1.82, 2.24) is 4.90 Å². The van der Waals surface area contributed by atoms with Gasteiger partial charge in [-0.2, -0.15) is 0 Å². The highest BCUT2D eigenvalue weighted by Crippen LogP contribution is 2.28. The van der Waals surface area contributed by atoms with E-state index in [9.17, 15) is 14.7 Å². The zero-order valence-electron chi connectivity index (χ0n) is 11.7. The molecule has 0 bridgehead atoms. The second-order valence-electron chi connectivity index (χ2n) is 5.06. The Labute approximate surface area is 121 Å². The second kappa shape index (κ2) is 5.25. The van der Waals surface area contributed by atoms with Crippen LogP contribution in [0.4, 0.5) is 0 Å². The second-order valence-corrected chi connectivity index (χ2v) is 6.15. The molecule has 1 aromatic carbocycles. The van der Waals surface area contributed by atoms with Crippen molar-refractivity contribution < 1.29 is 14.7 Å². The average molecular weight is 291 g/mol. The molecule has 1 heterocycles. The van der Waals surface area contributed by atoms with Gasteiger partial charge in [0.25, 0.3) is 5.91 Å². The maximum atomic E-state index is 12.6. The molecule has 0 saturated carbocycles. The molecule has 0 spiro atoms. The van der Waals surface area contributed by atoms with Crippen molar-refractivity contribution in [3.8, 4) is 0 Å². The summed E-state index contributed by atoms with van der Waals surface area (Å²) in [4.78, 5) is 25.9. The number of thiophene rings is 1. The maximum Gasteiger partial charge on any atom is 0.329 e. The minimum atomic E-state index is -1.22. The highest BCUT2D eigenvalue weighted by atomic mass is 32.1. The number of carbonyl (C=O) groups excluding carboxylic acids is 1. The molecule has 2 aromatic rings. The van der Waals surface area contributed by atoms with E-state index in [1.54, 1.807) is 20.8 Å². The minimum Gasteiger partial charge on any atom is -0.480 e. The van der Waals surface area contributed by atoms with E-state index in [2.05, 4.69) is 0 Å². The van der Waals surface area contributed by atoms with E-state index < -0.39 is 11.5 Å². The number of amides is 1. The van der Waals surface area contributed by atoms with Crippen LogP contribution >= 0.6 is 11.3 Å². The molecule has 0 aliphatic carbocycles. The molecule has 2 rings (SSSR count). The van der Waals surface area contributed by atoms with E-state index in [4.69, 9.17) is 0 Å². The Hall–Kier alpha value is -1.88. The Morgan fingerprint density at radius 2 is 1.95 bits per heavy atom. The number of benzene rings is 1. The molecule has 1 N–H and O–H groups in total. The summed E-state index contributed by atoms with van der Waals surface area (Å²) in [5, 5.41) is 10.3. The predicted octanol–water partition coefficient (Wildman–Crippen LogP) is 3.23. The molecule has 0 saturated heterocycles. The summed E-state index contributed by atoms with van der Waals surface area (Å²) in [6.45, 7) is 5.23. The number of hydrogen-bond acceptors (Lipinski definition) is 3. The van der Waals surface area contributed by atoms with Crippen molar-refractivity contribution in [2.45, 2.75) is 26.3 Å². The Kier molecular flexibility index (Phi) is 3.81. The van der Waals surface area contributed by atoms with Crippen LogP contribution in [-0.4, -0.2) is 34.0 Å². The van der Waals surface area contributed by atoms with Crippen LogP contribution in [0, 0.1) is 0 Å². The van der Waals surface area contributed by atoms with Crippen molar-refractivity contribution in [2.24, 2.45) is 0 Å². The van der Waals surface area contributed by atoms with Crippen molar-refractivity contribution in [1.29, 1.82) is 0 Å². The van der Waals surface area contributed by atoms with Crippen LogP contribution < -0.4 is 0 Å². The van der Waals surface area contributed by atoms with Crippen LogP contribution in [0.1, 0.15) is 30.4 Å². The van der Waals surface area contributed by atoms with Gasteiger partial charge in [0.2, 0.25) is 0 Å². The normalized spacial score (nSPS) is 11.6. The molecule has 0 atom stereocenters. The molecule has 0 radical (unpaired) electrons. The van der Waals surface area contributed by atoms with Crippen molar-refractivity contribution in [3.05, 3.63) is 35.2 Å². The molecule has 4 nitrogen and oxygen atoms in total. The lowest BCUT2D eigenvalue weighted by atomic mass is 10.0. The van der Waals surface area contributed by atoms with E-state index >= 15 is 0 Å². The Morgan fingerprint density at radius 1 is 1.30 bits per heavy atom. The highest BCUT2D eigenvalue weighted by molar-refractivity contribution is 7.20. The molecule has 0 unspecified atom stereocenters. The highest BCUT2D eigenvalue weighted by Gasteiger charge is 2.37. The fourth-order valence-electron chi connectivity index (χ4n) is 2.13. The third-order valence-electron chi connectivity index (χ3n) is 3.40. The monoisotopic (exact) mass is 291 g/mol. The molecule has 1 aromatic heterocycles. The minimum absolute atomic E-state index is 0.235. The van der Waals surface area contributed by atoms with Crippen LogP contribution in [0.3, 0.4) is 0 Å². The molecule has 20 heavy (non-hydrogen) atoms. The van der Waals surface area contributed by atoms with Gasteiger partial charge in [0.05, 0.1) is 4.88 Å². The zero-order chi connectivity index (χ0) is 14.9. The molecule has 106 valence electrons. The van der Waals surface area contributed by atoms with E-state index in [0.29, 0.717) is 11.4 Å². The summed E-state index contributed by atoms with van der Waals surface area (Å²) in [7, 11) is 0. The molecular formula is C15H17NO3S. The van der Waals surface area contributed by atoms with Crippen molar-refractivity contribution in [2.75, 3.05) is 6.54 Å². The SMILES string of the molecule is CCN(C(=O)c1cc2ccccc2s1)C(C)(C)C(=O)O. The van der Waals surface area contributed by atoms with Crippen LogP contribution in [-0.2, 0) is 4.79 Å². The fourth-order valence-corrected chi connectivity index (χ4v) is 3.14. The van der Waals surface area contributed by atoms with Gasteiger partial charge in [-0.15, -0.1) is 11.3 Å². The number of hydrogen-bond donors (Lipinski definition) is 1. The lowest BCUT2D eigenvalue weighted by molar-refractivity contribution is -0.147. The standard InChI is InChI=1S/C15H17NO3S/c1-4-16(15(2,3)14(18)19)13(17)12-9-10-7-5-6-8-11(10)20-12/h5-9H,4H2,1-3H3,(H,18,19). The Balaban J connectivity index is 2.40. The lowest BCUT2D eigenvalue weighted by Gasteiger charge is -2.33.